The largest absolute Gasteiger partial charge is 0.372 e. The minimum Gasteiger partial charge on any atom is -0.372 e. The zero-order chi connectivity index (χ0) is 14.4. The molecule has 0 atom stereocenters. The Morgan fingerprint density at radius 2 is 1.95 bits per heavy atom. The second kappa shape index (κ2) is 7.99. The van der Waals surface area contributed by atoms with Crippen LogP contribution in [-0.2, 0) is 4.74 Å². The molecule has 1 aromatic carbocycles. The van der Waals surface area contributed by atoms with E-state index >= 15 is 0 Å². The number of carbonyl (C=O) groups is 1. The number of ether oxygens (including phenoxy) is 1. The summed E-state index contributed by atoms with van der Waals surface area (Å²) < 4.78 is 5.45. The van der Waals surface area contributed by atoms with E-state index in [4.69, 9.17) is 27.9 Å². The fraction of sp³-hybridized carbons (Fsp3) is 0.533. The molecule has 20 heavy (non-hydrogen) atoms. The Morgan fingerprint density at radius 1 is 1.20 bits per heavy atom. The highest BCUT2D eigenvalue weighted by Gasteiger charge is 2.12. The summed E-state index contributed by atoms with van der Waals surface area (Å²) in [5.74, 6) is -0.129. The maximum absolute atomic E-state index is 12.0. The second-order valence-electron chi connectivity index (χ2n) is 5.00. The van der Waals surface area contributed by atoms with Gasteiger partial charge in [-0.05, 0) is 44.1 Å². The van der Waals surface area contributed by atoms with Crippen LogP contribution in [-0.4, -0.2) is 43.5 Å². The topological polar surface area (TPSA) is 29.5 Å². The van der Waals surface area contributed by atoms with Gasteiger partial charge in [0.25, 0.3) is 0 Å². The first-order valence-electron chi connectivity index (χ1n) is 6.95. The Balaban J connectivity index is 1.73. The van der Waals surface area contributed by atoms with Gasteiger partial charge in [0, 0.05) is 17.1 Å². The number of nitrogens with zero attached hydrogens (tertiary/aromatic N) is 1. The zero-order valence-corrected chi connectivity index (χ0v) is 12.9. The Kier molecular flexibility index (Phi) is 6.30. The average molecular weight is 316 g/mol. The van der Waals surface area contributed by atoms with E-state index < -0.39 is 0 Å². The Bertz CT molecular complexity index is 459. The van der Waals surface area contributed by atoms with Gasteiger partial charge in [-0.3, -0.25) is 4.79 Å². The molecule has 0 spiro atoms. The minimum absolute atomic E-state index is 0.0495. The number of halogens is 2. The molecule has 2 rings (SSSR count). The lowest BCUT2D eigenvalue weighted by Gasteiger charge is -2.26. The minimum atomic E-state index is -0.129. The first kappa shape index (κ1) is 15.8. The molecule has 0 saturated carbocycles. The molecule has 1 aliphatic rings. The van der Waals surface area contributed by atoms with Crippen LogP contribution in [0.5, 0.6) is 0 Å². The van der Waals surface area contributed by atoms with Gasteiger partial charge in [-0.25, -0.2) is 0 Å². The van der Waals surface area contributed by atoms with Crippen molar-refractivity contribution >= 4 is 29.0 Å². The van der Waals surface area contributed by atoms with Crippen LogP contribution in [0.4, 0.5) is 0 Å². The van der Waals surface area contributed by atoms with Crippen molar-refractivity contribution < 1.29 is 9.53 Å². The molecule has 110 valence electrons. The molecule has 0 radical (unpaired) electrons. The van der Waals surface area contributed by atoms with Gasteiger partial charge in [0.1, 0.15) is 6.61 Å². The van der Waals surface area contributed by atoms with E-state index in [1.807, 2.05) is 0 Å². The van der Waals surface area contributed by atoms with Crippen molar-refractivity contribution in [2.24, 2.45) is 0 Å². The number of hydrogen-bond donors (Lipinski definition) is 0. The first-order valence-corrected chi connectivity index (χ1v) is 7.71. The maximum Gasteiger partial charge on any atom is 0.190 e. The number of piperidine rings is 1. The lowest BCUT2D eigenvalue weighted by Crippen LogP contribution is -2.33. The molecule has 0 N–H and O–H groups in total. The predicted molar refractivity (Wildman–Crippen MR) is 81.9 cm³/mol. The third-order valence-corrected chi connectivity index (χ3v) is 4.03. The van der Waals surface area contributed by atoms with E-state index in [0.717, 1.165) is 19.6 Å². The third kappa shape index (κ3) is 4.74. The SMILES string of the molecule is O=C(COCCN1CCCCC1)c1cc(Cl)ccc1Cl. The van der Waals surface area contributed by atoms with E-state index in [0.29, 0.717) is 22.2 Å². The molecule has 3 nitrogen and oxygen atoms in total. The van der Waals surface area contributed by atoms with Crippen LogP contribution < -0.4 is 0 Å². The molecular formula is C15H19Cl2NO2. The van der Waals surface area contributed by atoms with E-state index in [-0.39, 0.29) is 12.4 Å². The summed E-state index contributed by atoms with van der Waals surface area (Å²) in [4.78, 5) is 14.4. The molecule has 1 saturated heterocycles. The van der Waals surface area contributed by atoms with Crippen LogP contribution in [0, 0.1) is 0 Å². The van der Waals surface area contributed by atoms with Gasteiger partial charge in [-0.15, -0.1) is 0 Å². The van der Waals surface area contributed by atoms with Crippen LogP contribution in [0.1, 0.15) is 29.6 Å². The van der Waals surface area contributed by atoms with Crippen LogP contribution in [0.2, 0.25) is 10.0 Å². The summed E-state index contributed by atoms with van der Waals surface area (Å²) >= 11 is 11.8. The van der Waals surface area contributed by atoms with Crippen LogP contribution in [0.25, 0.3) is 0 Å². The Labute approximate surface area is 129 Å². The van der Waals surface area contributed by atoms with Crippen molar-refractivity contribution in [2.45, 2.75) is 19.3 Å². The number of ketones is 1. The fourth-order valence-corrected chi connectivity index (χ4v) is 2.73. The summed E-state index contributed by atoms with van der Waals surface area (Å²) in [5.41, 5.74) is 0.428. The third-order valence-electron chi connectivity index (χ3n) is 3.46. The van der Waals surface area contributed by atoms with Crippen LogP contribution >= 0.6 is 23.2 Å². The van der Waals surface area contributed by atoms with Crippen molar-refractivity contribution in [3.8, 4) is 0 Å². The highest BCUT2D eigenvalue weighted by atomic mass is 35.5. The van der Waals surface area contributed by atoms with Gasteiger partial charge in [0.15, 0.2) is 5.78 Å². The smallest absolute Gasteiger partial charge is 0.190 e. The number of carbonyl (C=O) groups excluding carboxylic acids is 1. The first-order chi connectivity index (χ1) is 9.66. The quantitative estimate of drug-likeness (QED) is 0.592. The van der Waals surface area contributed by atoms with E-state index in [1.54, 1.807) is 18.2 Å². The molecule has 0 aliphatic carbocycles. The summed E-state index contributed by atoms with van der Waals surface area (Å²) in [7, 11) is 0. The van der Waals surface area contributed by atoms with Crippen LogP contribution in [0.3, 0.4) is 0 Å². The lowest BCUT2D eigenvalue weighted by atomic mass is 10.1. The van der Waals surface area contributed by atoms with Gasteiger partial charge < -0.3 is 9.64 Å². The molecule has 1 fully saturated rings. The molecule has 1 aliphatic heterocycles. The molecule has 1 heterocycles. The molecule has 1 aromatic rings. The number of hydrogen-bond acceptors (Lipinski definition) is 3. The van der Waals surface area contributed by atoms with Gasteiger partial charge in [-0.1, -0.05) is 29.6 Å². The van der Waals surface area contributed by atoms with Gasteiger partial charge in [-0.2, -0.15) is 0 Å². The van der Waals surface area contributed by atoms with Gasteiger partial charge >= 0.3 is 0 Å². The van der Waals surface area contributed by atoms with Crippen molar-refractivity contribution in [3.63, 3.8) is 0 Å². The predicted octanol–water partition coefficient (Wildman–Crippen LogP) is 3.68. The van der Waals surface area contributed by atoms with E-state index in [9.17, 15) is 4.79 Å². The highest BCUT2D eigenvalue weighted by molar-refractivity contribution is 6.35. The van der Waals surface area contributed by atoms with Crippen molar-refractivity contribution in [1.82, 2.24) is 4.90 Å². The summed E-state index contributed by atoms with van der Waals surface area (Å²) in [6.45, 7) is 3.78. The van der Waals surface area contributed by atoms with Gasteiger partial charge in [0.05, 0.1) is 11.6 Å². The van der Waals surface area contributed by atoms with Crippen LogP contribution in [0.15, 0.2) is 18.2 Å². The summed E-state index contributed by atoms with van der Waals surface area (Å²) in [6.07, 6.45) is 3.84. The standard InChI is InChI=1S/C15H19Cl2NO2/c16-12-4-5-14(17)13(10-12)15(19)11-20-9-8-18-6-2-1-3-7-18/h4-5,10H,1-3,6-9,11H2. The number of rotatable bonds is 6. The molecular weight excluding hydrogens is 297 g/mol. The van der Waals surface area contributed by atoms with Crippen molar-refractivity contribution in [3.05, 3.63) is 33.8 Å². The van der Waals surface area contributed by atoms with Gasteiger partial charge in [0.2, 0.25) is 0 Å². The second-order valence-corrected chi connectivity index (χ2v) is 5.85. The molecule has 0 bridgehead atoms. The number of benzene rings is 1. The summed E-state index contributed by atoms with van der Waals surface area (Å²) in [5, 5.41) is 0.921. The number of Topliss-reactive ketones (excluding diaryl/α,β-unsaturated/α-hetero) is 1. The molecule has 5 heteroatoms. The normalized spacial score (nSPS) is 16.3. The summed E-state index contributed by atoms with van der Waals surface area (Å²) in [6, 6.07) is 4.88. The molecule has 0 amide bonds. The molecule has 0 unspecified atom stereocenters. The Morgan fingerprint density at radius 3 is 2.70 bits per heavy atom. The van der Waals surface area contributed by atoms with E-state index in [1.165, 1.54) is 19.3 Å². The Hall–Kier alpha value is -0.610. The van der Waals surface area contributed by atoms with Crippen molar-refractivity contribution in [2.75, 3.05) is 32.8 Å². The average Bonchev–Trinajstić information content (AvgIpc) is 2.47. The van der Waals surface area contributed by atoms with E-state index in [2.05, 4.69) is 4.90 Å². The van der Waals surface area contributed by atoms with Crippen molar-refractivity contribution in [1.29, 1.82) is 0 Å². The molecule has 0 aromatic heterocycles. The highest BCUT2D eigenvalue weighted by Crippen LogP contribution is 2.21. The number of likely N-dealkylation sites (tertiary alicyclic amines) is 1. The monoisotopic (exact) mass is 315 g/mol. The lowest BCUT2D eigenvalue weighted by molar-refractivity contribution is 0.0683. The maximum atomic E-state index is 12.0. The zero-order valence-electron chi connectivity index (χ0n) is 11.4. The fourth-order valence-electron chi connectivity index (χ4n) is 2.33.